The van der Waals surface area contributed by atoms with Gasteiger partial charge in [0.05, 0.1) is 0 Å². The molecule has 2 unspecified atom stereocenters. The number of aromatic hydroxyl groups is 1. The summed E-state index contributed by atoms with van der Waals surface area (Å²) in [4.78, 5) is 43.6. The van der Waals surface area contributed by atoms with E-state index < -0.39 is 23.8 Å². The van der Waals surface area contributed by atoms with E-state index >= 15 is 0 Å². The monoisotopic (exact) mass is 623 g/mol. The highest BCUT2D eigenvalue weighted by Gasteiger charge is 2.37. The van der Waals surface area contributed by atoms with Crippen LogP contribution in [0.5, 0.6) is 5.75 Å². The van der Waals surface area contributed by atoms with Gasteiger partial charge in [0.2, 0.25) is 11.8 Å². The zero-order chi connectivity index (χ0) is 33.4. The maximum absolute atomic E-state index is 14.7. The van der Waals surface area contributed by atoms with Crippen molar-refractivity contribution in [2.24, 2.45) is 0 Å². The average Bonchev–Trinajstić information content (AvgIpc) is 2.97. The van der Waals surface area contributed by atoms with Crippen molar-refractivity contribution in [2.45, 2.75) is 130 Å². The van der Waals surface area contributed by atoms with E-state index in [9.17, 15) is 19.5 Å². The van der Waals surface area contributed by atoms with Crippen LogP contribution in [0, 0.1) is 13.8 Å². The van der Waals surface area contributed by atoms with Gasteiger partial charge in [-0.2, -0.15) is 0 Å². The molecule has 0 bridgehead atoms. The smallest absolute Gasteiger partial charge is 0.408 e. The SMILES string of the molecule is CCCCCCCCN(C(=O)C(Cc1ccc(O)cc1)NC(=O)OC(C)(C)C)C(C(=O)NCCCCC)c1c(C)cccc1C. The van der Waals surface area contributed by atoms with Crippen LogP contribution in [-0.4, -0.2) is 52.6 Å². The van der Waals surface area contributed by atoms with Gasteiger partial charge in [0.1, 0.15) is 23.4 Å². The second-order valence-electron chi connectivity index (χ2n) is 13.1. The van der Waals surface area contributed by atoms with Crippen LogP contribution in [-0.2, 0) is 20.7 Å². The van der Waals surface area contributed by atoms with Gasteiger partial charge in [-0.3, -0.25) is 9.59 Å². The van der Waals surface area contributed by atoms with E-state index in [2.05, 4.69) is 24.5 Å². The highest BCUT2D eigenvalue weighted by atomic mass is 16.6. The Bertz CT molecular complexity index is 1190. The Morgan fingerprint density at radius 2 is 1.42 bits per heavy atom. The predicted molar refractivity (Wildman–Crippen MR) is 181 cm³/mol. The number of hydrogen-bond acceptors (Lipinski definition) is 5. The van der Waals surface area contributed by atoms with Gasteiger partial charge >= 0.3 is 6.09 Å². The van der Waals surface area contributed by atoms with Crippen molar-refractivity contribution < 1.29 is 24.2 Å². The number of carbonyl (C=O) groups excluding carboxylic acids is 3. The predicted octanol–water partition coefficient (Wildman–Crippen LogP) is 7.68. The number of phenols is 1. The summed E-state index contributed by atoms with van der Waals surface area (Å²) in [5.41, 5.74) is 2.67. The van der Waals surface area contributed by atoms with Gasteiger partial charge in [-0.25, -0.2) is 4.79 Å². The second kappa shape index (κ2) is 19.1. The van der Waals surface area contributed by atoms with Gasteiger partial charge in [-0.05, 0) is 81.8 Å². The molecule has 0 fully saturated rings. The lowest BCUT2D eigenvalue weighted by atomic mass is 9.93. The molecule has 2 rings (SSSR count). The minimum Gasteiger partial charge on any atom is -0.508 e. The summed E-state index contributed by atoms with van der Waals surface area (Å²) < 4.78 is 5.56. The second-order valence-corrected chi connectivity index (χ2v) is 13.1. The Kier molecular flexibility index (Phi) is 16.0. The van der Waals surface area contributed by atoms with Crippen molar-refractivity contribution in [2.75, 3.05) is 13.1 Å². The maximum Gasteiger partial charge on any atom is 0.408 e. The van der Waals surface area contributed by atoms with Crippen molar-refractivity contribution >= 4 is 17.9 Å². The molecule has 0 aliphatic carbocycles. The lowest BCUT2D eigenvalue weighted by Crippen LogP contribution is -2.54. The van der Waals surface area contributed by atoms with Gasteiger partial charge in [0.25, 0.3) is 0 Å². The van der Waals surface area contributed by atoms with E-state index in [1.807, 2.05) is 32.0 Å². The summed E-state index contributed by atoms with van der Waals surface area (Å²) >= 11 is 0. The molecule has 0 heterocycles. The van der Waals surface area contributed by atoms with Gasteiger partial charge < -0.3 is 25.4 Å². The molecule has 8 nitrogen and oxygen atoms in total. The molecule has 3 N–H and O–H groups in total. The number of nitrogens with one attached hydrogen (secondary N) is 2. The zero-order valence-corrected chi connectivity index (χ0v) is 28.7. The summed E-state index contributed by atoms with van der Waals surface area (Å²) in [5.74, 6) is -0.455. The summed E-state index contributed by atoms with van der Waals surface area (Å²) in [6.45, 7) is 14.5. The molecular weight excluding hydrogens is 566 g/mol. The summed E-state index contributed by atoms with van der Waals surface area (Å²) in [6, 6.07) is 10.6. The standard InChI is InChI=1S/C37H57N3O5/c1-8-10-12-13-14-16-25-40(33(34(42)38-24-15-11-9-2)32-27(3)18-17-19-28(32)4)35(43)31(39-36(44)45-37(5,6)7)26-29-20-22-30(41)23-21-29/h17-23,31,33,41H,8-16,24-26H2,1-7H3,(H,38,42)(H,39,44). The Labute approximate surface area is 271 Å². The number of carbonyl (C=O) groups is 3. The van der Waals surface area contributed by atoms with Crippen LogP contribution >= 0.6 is 0 Å². The molecule has 0 aliphatic heterocycles. The lowest BCUT2D eigenvalue weighted by Gasteiger charge is -2.36. The van der Waals surface area contributed by atoms with Crippen molar-refractivity contribution in [3.05, 3.63) is 64.7 Å². The first-order valence-electron chi connectivity index (χ1n) is 16.8. The van der Waals surface area contributed by atoms with E-state index in [0.29, 0.717) is 13.1 Å². The fraction of sp³-hybridized carbons (Fsp3) is 0.595. The summed E-state index contributed by atoms with van der Waals surface area (Å²) in [7, 11) is 0. The van der Waals surface area contributed by atoms with E-state index in [1.165, 1.54) is 6.42 Å². The molecule has 45 heavy (non-hydrogen) atoms. The average molecular weight is 624 g/mol. The first kappa shape index (κ1) is 37.6. The van der Waals surface area contributed by atoms with Crippen LogP contribution < -0.4 is 10.6 Å². The van der Waals surface area contributed by atoms with Crippen molar-refractivity contribution in [3.8, 4) is 5.75 Å². The molecule has 0 saturated heterocycles. The number of aryl methyl sites for hydroxylation is 2. The quantitative estimate of drug-likeness (QED) is 0.148. The van der Waals surface area contributed by atoms with Crippen molar-refractivity contribution in [3.63, 3.8) is 0 Å². The fourth-order valence-corrected chi connectivity index (χ4v) is 5.52. The van der Waals surface area contributed by atoms with E-state index in [-0.39, 0.29) is 24.0 Å². The number of unbranched alkanes of at least 4 members (excludes halogenated alkanes) is 7. The number of nitrogens with zero attached hydrogens (tertiary/aromatic N) is 1. The third kappa shape index (κ3) is 13.1. The topological polar surface area (TPSA) is 108 Å². The van der Waals surface area contributed by atoms with Crippen LogP contribution in [0.2, 0.25) is 0 Å². The Morgan fingerprint density at radius 3 is 2.02 bits per heavy atom. The fourth-order valence-electron chi connectivity index (χ4n) is 5.52. The number of phenolic OH excluding ortho intramolecular Hbond substituents is 1. The van der Waals surface area contributed by atoms with Crippen molar-refractivity contribution in [1.82, 2.24) is 15.5 Å². The third-order valence-electron chi connectivity index (χ3n) is 7.86. The minimum atomic E-state index is -0.996. The number of hydrogen-bond donors (Lipinski definition) is 3. The molecule has 0 saturated carbocycles. The molecular formula is C37H57N3O5. The highest BCUT2D eigenvalue weighted by molar-refractivity contribution is 5.92. The Hall–Kier alpha value is -3.55. The lowest BCUT2D eigenvalue weighted by molar-refractivity contribution is -0.142. The van der Waals surface area contributed by atoms with Crippen LogP contribution in [0.3, 0.4) is 0 Å². The van der Waals surface area contributed by atoms with E-state index in [4.69, 9.17) is 4.74 Å². The van der Waals surface area contributed by atoms with Crippen LogP contribution in [0.4, 0.5) is 4.79 Å². The highest BCUT2D eigenvalue weighted by Crippen LogP contribution is 2.30. The van der Waals surface area contributed by atoms with Gasteiger partial charge in [-0.15, -0.1) is 0 Å². The molecule has 0 radical (unpaired) electrons. The third-order valence-corrected chi connectivity index (χ3v) is 7.86. The molecule has 2 aromatic rings. The first-order chi connectivity index (χ1) is 21.4. The summed E-state index contributed by atoms with van der Waals surface area (Å²) in [6.07, 6.45) is 8.53. The van der Waals surface area contributed by atoms with E-state index in [0.717, 1.165) is 73.6 Å². The number of alkyl carbamates (subject to hydrolysis) is 1. The Balaban J connectivity index is 2.57. The maximum atomic E-state index is 14.7. The number of benzene rings is 2. The first-order valence-corrected chi connectivity index (χ1v) is 16.8. The largest absolute Gasteiger partial charge is 0.508 e. The van der Waals surface area contributed by atoms with Crippen LogP contribution in [0.15, 0.2) is 42.5 Å². The minimum absolute atomic E-state index is 0.112. The summed E-state index contributed by atoms with van der Waals surface area (Å²) in [5, 5.41) is 15.8. The van der Waals surface area contributed by atoms with Gasteiger partial charge in [0.15, 0.2) is 0 Å². The van der Waals surface area contributed by atoms with E-state index in [1.54, 1.807) is 49.9 Å². The molecule has 0 aromatic heterocycles. The molecule has 3 amide bonds. The molecule has 2 aromatic carbocycles. The normalized spacial score (nSPS) is 12.7. The Morgan fingerprint density at radius 1 is 0.844 bits per heavy atom. The molecule has 2 atom stereocenters. The van der Waals surface area contributed by atoms with Crippen molar-refractivity contribution in [1.29, 1.82) is 0 Å². The molecule has 0 aliphatic rings. The van der Waals surface area contributed by atoms with Gasteiger partial charge in [-0.1, -0.05) is 89.1 Å². The van der Waals surface area contributed by atoms with Gasteiger partial charge in [0, 0.05) is 19.5 Å². The molecule has 0 spiro atoms. The number of ether oxygens (including phenoxy) is 1. The van der Waals surface area contributed by atoms with Crippen LogP contribution in [0.25, 0.3) is 0 Å². The number of rotatable bonds is 18. The zero-order valence-electron chi connectivity index (χ0n) is 28.7. The number of amides is 3. The molecule has 250 valence electrons. The molecule has 8 heteroatoms. The van der Waals surface area contributed by atoms with Crippen LogP contribution in [0.1, 0.15) is 121 Å².